The van der Waals surface area contributed by atoms with Crippen molar-refractivity contribution in [2.24, 2.45) is 0 Å². The van der Waals surface area contributed by atoms with Crippen LogP contribution in [0.3, 0.4) is 0 Å². The van der Waals surface area contributed by atoms with E-state index in [1.54, 1.807) is 18.2 Å². The topological polar surface area (TPSA) is 65.2 Å². The zero-order valence-electron chi connectivity index (χ0n) is 10.7. The van der Waals surface area contributed by atoms with Gasteiger partial charge in [-0.2, -0.15) is 0 Å². The molecule has 0 aliphatic carbocycles. The molecule has 0 unspecified atom stereocenters. The van der Waals surface area contributed by atoms with Crippen LogP contribution in [0.5, 0.6) is 0 Å². The molecule has 0 bridgehead atoms. The number of pyridine rings is 1. The Balaban J connectivity index is 2.61. The average Bonchev–Trinajstić information content (AvgIpc) is 2.36. The van der Waals surface area contributed by atoms with Crippen molar-refractivity contribution in [3.05, 3.63) is 35.4 Å². The number of hydrogen-bond acceptors (Lipinski definition) is 4. The summed E-state index contributed by atoms with van der Waals surface area (Å²) in [6.45, 7) is 4.12. The van der Waals surface area contributed by atoms with Crippen molar-refractivity contribution in [1.82, 2.24) is 4.98 Å². The summed E-state index contributed by atoms with van der Waals surface area (Å²) < 4.78 is 4.70. The van der Waals surface area contributed by atoms with Crippen LogP contribution in [0, 0.1) is 0 Å². The van der Waals surface area contributed by atoms with Crippen LogP contribution in [-0.4, -0.2) is 18.1 Å². The number of benzene rings is 1. The first-order valence-electron chi connectivity index (χ1n) is 5.81. The molecule has 0 aliphatic heterocycles. The molecule has 0 aliphatic rings. The van der Waals surface area contributed by atoms with Crippen molar-refractivity contribution in [1.29, 1.82) is 0 Å². The quantitative estimate of drug-likeness (QED) is 0.825. The third kappa shape index (κ3) is 2.14. The summed E-state index contributed by atoms with van der Waals surface area (Å²) in [6.07, 6.45) is 0. The number of nitrogens with two attached hydrogens (primary N) is 1. The fraction of sp³-hybridized carbons (Fsp3) is 0.286. The molecule has 0 fully saturated rings. The Morgan fingerprint density at radius 1 is 1.33 bits per heavy atom. The van der Waals surface area contributed by atoms with Crippen LogP contribution in [-0.2, 0) is 4.74 Å². The van der Waals surface area contributed by atoms with Crippen molar-refractivity contribution in [3.63, 3.8) is 0 Å². The van der Waals surface area contributed by atoms with E-state index in [9.17, 15) is 4.79 Å². The van der Waals surface area contributed by atoms with Gasteiger partial charge in [0.25, 0.3) is 0 Å². The van der Waals surface area contributed by atoms with Gasteiger partial charge in [-0.25, -0.2) is 9.78 Å². The number of anilines is 1. The van der Waals surface area contributed by atoms with Crippen molar-refractivity contribution in [2.75, 3.05) is 12.8 Å². The van der Waals surface area contributed by atoms with Gasteiger partial charge in [-0.15, -0.1) is 0 Å². The Bertz CT molecular complexity index is 606. The summed E-state index contributed by atoms with van der Waals surface area (Å²) in [6, 6.07) is 7.23. The van der Waals surface area contributed by atoms with Crippen LogP contribution in [0.2, 0.25) is 0 Å². The van der Waals surface area contributed by atoms with Gasteiger partial charge >= 0.3 is 5.97 Å². The highest BCUT2D eigenvalue weighted by Gasteiger charge is 2.10. The van der Waals surface area contributed by atoms with Crippen molar-refractivity contribution in [2.45, 2.75) is 19.8 Å². The number of methoxy groups -OCH3 is 1. The first-order valence-corrected chi connectivity index (χ1v) is 5.81. The molecule has 18 heavy (non-hydrogen) atoms. The highest BCUT2D eigenvalue weighted by Crippen LogP contribution is 2.25. The molecule has 94 valence electrons. The van der Waals surface area contributed by atoms with Crippen LogP contribution in [0.15, 0.2) is 24.3 Å². The number of carbonyl (C=O) groups is 1. The average molecular weight is 244 g/mol. The van der Waals surface area contributed by atoms with E-state index in [4.69, 9.17) is 10.5 Å². The van der Waals surface area contributed by atoms with Crippen LogP contribution < -0.4 is 5.73 Å². The van der Waals surface area contributed by atoms with Crippen LogP contribution >= 0.6 is 0 Å². The largest absolute Gasteiger partial charge is 0.465 e. The summed E-state index contributed by atoms with van der Waals surface area (Å²) in [5, 5.41) is 0.899. The summed E-state index contributed by atoms with van der Waals surface area (Å²) in [5.41, 5.74) is 8.20. The molecule has 0 atom stereocenters. The van der Waals surface area contributed by atoms with Crippen LogP contribution in [0.4, 0.5) is 5.82 Å². The van der Waals surface area contributed by atoms with Gasteiger partial charge in [-0.1, -0.05) is 13.8 Å². The molecule has 2 N–H and O–H groups in total. The Morgan fingerprint density at radius 3 is 2.67 bits per heavy atom. The minimum Gasteiger partial charge on any atom is -0.465 e. The van der Waals surface area contributed by atoms with Gasteiger partial charge in [0.1, 0.15) is 5.82 Å². The monoisotopic (exact) mass is 244 g/mol. The van der Waals surface area contributed by atoms with E-state index in [0.717, 1.165) is 16.5 Å². The number of fused-ring (bicyclic) bond motifs is 1. The lowest BCUT2D eigenvalue weighted by atomic mass is 10.0. The first-order chi connectivity index (χ1) is 8.52. The summed E-state index contributed by atoms with van der Waals surface area (Å²) in [5.74, 6) is 0.492. The molecule has 2 rings (SSSR count). The lowest BCUT2D eigenvalue weighted by molar-refractivity contribution is 0.0601. The predicted octanol–water partition coefficient (Wildman–Crippen LogP) is 2.73. The third-order valence-corrected chi connectivity index (χ3v) is 2.92. The van der Waals surface area contributed by atoms with Crippen molar-refractivity contribution < 1.29 is 9.53 Å². The zero-order chi connectivity index (χ0) is 13.3. The second-order valence-corrected chi connectivity index (χ2v) is 4.52. The molecule has 1 aromatic heterocycles. The number of aromatic nitrogens is 1. The minimum atomic E-state index is -0.347. The van der Waals surface area contributed by atoms with E-state index in [0.29, 0.717) is 17.3 Å². The number of ether oxygens (including phenoxy) is 1. The highest BCUT2D eigenvalue weighted by molar-refractivity contribution is 5.94. The van der Waals surface area contributed by atoms with Gasteiger partial charge < -0.3 is 10.5 Å². The molecule has 4 nitrogen and oxygen atoms in total. The number of carbonyl (C=O) groups excluding carboxylic acids is 1. The van der Waals surface area contributed by atoms with Gasteiger partial charge in [-0.05, 0) is 35.7 Å². The number of nitrogen functional groups attached to an aromatic ring is 1. The lowest BCUT2D eigenvalue weighted by Gasteiger charge is -2.10. The van der Waals surface area contributed by atoms with Crippen LogP contribution in [0.25, 0.3) is 10.9 Å². The molecule has 0 spiro atoms. The van der Waals surface area contributed by atoms with Gasteiger partial charge in [0.05, 0.1) is 18.2 Å². The molecule has 0 amide bonds. The maximum Gasteiger partial charge on any atom is 0.337 e. The molecule has 1 heterocycles. The molecule has 2 aromatic rings. The lowest BCUT2D eigenvalue weighted by Crippen LogP contribution is -2.03. The Labute approximate surface area is 106 Å². The van der Waals surface area contributed by atoms with Crippen molar-refractivity contribution in [3.8, 4) is 0 Å². The van der Waals surface area contributed by atoms with E-state index in [2.05, 4.69) is 18.8 Å². The molecule has 0 saturated heterocycles. The minimum absolute atomic E-state index is 0.295. The highest BCUT2D eigenvalue weighted by atomic mass is 16.5. The molecule has 1 aromatic carbocycles. The fourth-order valence-electron chi connectivity index (χ4n) is 1.91. The normalized spacial score (nSPS) is 10.9. The molecule has 4 heteroatoms. The smallest absolute Gasteiger partial charge is 0.337 e. The third-order valence-electron chi connectivity index (χ3n) is 2.92. The molecular weight excluding hydrogens is 228 g/mol. The Kier molecular flexibility index (Phi) is 3.19. The van der Waals surface area contributed by atoms with E-state index in [1.165, 1.54) is 7.11 Å². The van der Waals surface area contributed by atoms with E-state index in [-0.39, 0.29) is 5.97 Å². The van der Waals surface area contributed by atoms with Gasteiger partial charge in [0.15, 0.2) is 0 Å². The molecule has 0 saturated carbocycles. The number of esters is 1. The number of hydrogen-bond donors (Lipinski definition) is 1. The summed E-state index contributed by atoms with van der Waals surface area (Å²) in [4.78, 5) is 15.8. The second-order valence-electron chi connectivity index (χ2n) is 4.52. The van der Waals surface area contributed by atoms with E-state index >= 15 is 0 Å². The maximum atomic E-state index is 11.5. The SMILES string of the molecule is COC(=O)c1ccc2nc(N)c(C(C)C)cc2c1. The zero-order valence-corrected chi connectivity index (χ0v) is 10.7. The number of nitrogens with zero attached hydrogens (tertiary/aromatic N) is 1. The van der Waals surface area contributed by atoms with Gasteiger partial charge in [0.2, 0.25) is 0 Å². The number of rotatable bonds is 2. The second kappa shape index (κ2) is 4.64. The maximum absolute atomic E-state index is 11.5. The fourth-order valence-corrected chi connectivity index (χ4v) is 1.91. The molecule has 0 radical (unpaired) electrons. The predicted molar refractivity (Wildman–Crippen MR) is 71.6 cm³/mol. The molecular formula is C14H16N2O2. The van der Waals surface area contributed by atoms with Gasteiger partial charge in [0, 0.05) is 5.39 Å². The standard InChI is InChI=1S/C14H16N2O2/c1-8(2)11-7-10-6-9(14(17)18-3)4-5-12(10)16-13(11)15/h4-8H,1-3H3,(H2,15,16). The Morgan fingerprint density at radius 2 is 2.06 bits per heavy atom. The Hall–Kier alpha value is -2.10. The van der Waals surface area contributed by atoms with Gasteiger partial charge in [-0.3, -0.25) is 0 Å². The first kappa shape index (κ1) is 12.4. The van der Waals surface area contributed by atoms with Crippen LogP contribution in [0.1, 0.15) is 35.7 Å². The van der Waals surface area contributed by atoms with E-state index in [1.807, 2.05) is 6.07 Å². The summed E-state index contributed by atoms with van der Waals surface area (Å²) >= 11 is 0. The van der Waals surface area contributed by atoms with E-state index < -0.39 is 0 Å². The van der Waals surface area contributed by atoms with Crippen molar-refractivity contribution >= 4 is 22.7 Å². The summed E-state index contributed by atoms with van der Waals surface area (Å²) in [7, 11) is 1.37.